The number of carbonyl (C=O) groups excluding carboxylic acids is 1. The molecule has 0 aromatic heterocycles. The molecule has 52 valence electrons. The van der Waals surface area contributed by atoms with Crippen molar-refractivity contribution in [3.05, 3.63) is 12.2 Å². The van der Waals surface area contributed by atoms with E-state index in [1.165, 1.54) is 7.05 Å². The lowest BCUT2D eigenvalue weighted by Crippen LogP contribution is -2.25. The van der Waals surface area contributed by atoms with Crippen LogP contribution in [0, 0.1) is 0 Å². The van der Waals surface area contributed by atoms with Crippen LogP contribution >= 0.6 is 0 Å². The van der Waals surface area contributed by atoms with Crippen molar-refractivity contribution >= 4 is 5.91 Å². The third-order valence-electron chi connectivity index (χ3n) is 0.841. The van der Waals surface area contributed by atoms with Crippen LogP contribution in [0.25, 0.3) is 0 Å². The number of likely N-dealkylation sites (N-methyl/N-ethyl adjacent to an activating group) is 1. The topological polar surface area (TPSA) is 61.4 Å². The van der Waals surface area contributed by atoms with Crippen molar-refractivity contribution < 1.29 is 10.0 Å². The summed E-state index contributed by atoms with van der Waals surface area (Å²) in [6, 6.07) is 0. The van der Waals surface area contributed by atoms with Crippen LogP contribution in [0.5, 0.6) is 0 Å². The van der Waals surface area contributed by atoms with Crippen LogP contribution in [0.15, 0.2) is 12.2 Å². The van der Waals surface area contributed by atoms with Gasteiger partial charge in [-0.3, -0.25) is 4.79 Å². The summed E-state index contributed by atoms with van der Waals surface area (Å²) in [5, 5.41) is 10.5. The maximum atomic E-state index is 10.5. The Hall–Kier alpha value is -0.870. The zero-order chi connectivity index (χ0) is 7.28. The van der Waals surface area contributed by atoms with Crippen molar-refractivity contribution in [2.45, 2.75) is 0 Å². The number of carbonyl (C=O) groups is 1. The maximum absolute atomic E-state index is 10.5. The van der Waals surface area contributed by atoms with E-state index < -0.39 is 0 Å². The van der Waals surface area contributed by atoms with E-state index in [0.29, 0.717) is 5.57 Å². The molecule has 0 aromatic rings. The molecule has 0 aliphatic rings. The Labute approximate surface area is 53.5 Å². The van der Waals surface area contributed by atoms with Gasteiger partial charge in [-0.2, -0.15) is 0 Å². The normalized spacial score (nSPS) is 8.67. The van der Waals surface area contributed by atoms with E-state index in [0.717, 1.165) is 0 Å². The molecule has 3 N–H and O–H groups in total. The number of nitrogens with one attached hydrogen (secondary N) is 2. The predicted octanol–water partition coefficient (Wildman–Crippen LogP) is -0.733. The quantitative estimate of drug-likeness (QED) is 0.348. The first-order chi connectivity index (χ1) is 4.22. The van der Waals surface area contributed by atoms with Gasteiger partial charge < -0.3 is 10.5 Å². The van der Waals surface area contributed by atoms with E-state index in [4.69, 9.17) is 5.21 Å². The lowest BCUT2D eigenvalue weighted by Gasteiger charge is -1.99. The minimum absolute atomic E-state index is 0.0969. The summed E-state index contributed by atoms with van der Waals surface area (Å²) in [5.74, 6) is -0.267. The second kappa shape index (κ2) is 4.05. The van der Waals surface area contributed by atoms with E-state index in [1.54, 1.807) is 0 Å². The molecule has 9 heavy (non-hydrogen) atoms. The summed E-state index contributed by atoms with van der Waals surface area (Å²) in [6.45, 7) is 3.48. The van der Waals surface area contributed by atoms with Crippen LogP contribution in [0.4, 0.5) is 0 Å². The second-order valence-corrected chi connectivity index (χ2v) is 1.52. The van der Waals surface area contributed by atoms with Gasteiger partial charge in [-0.1, -0.05) is 6.58 Å². The van der Waals surface area contributed by atoms with Gasteiger partial charge in [0.15, 0.2) is 0 Å². The zero-order valence-corrected chi connectivity index (χ0v) is 5.27. The van der Waals surface area contributed by atoms with Gasteiger partial charge in [-0.25, -0.2) is 5.48 Å². The smallest absolute Gasteiger partial charge is 0.247 e. The maximum Gasteiger partial charge on any atom is 0.247 e. The molecule has 0 fully saturated rings. The predicted molar refractivity (Wildman–Crippen MR) is 33.0 cm³/mol. The van der Waals surface area contributed by atoms with Gasteiger partial charge in [0.2, 0.25) is 5.91 Å². The molecule has 0 saturated heterocycles. The molecule has 0 aliphatic carbocycles. The fourth-order valence-corrected chi connectivity index (χ4v) is 0.352. The van der Waals surface area contributed by atoms with Crippen molar-refractivity contribution in [2.75, 3.05) is 13.6 Å². The lowest BCUT2D eigenvalue weighted by atomic mass is 10.3. The molecule has 0 aliphatic heterocycles. The Balaban J connectivity index is 3.60. The molecule has 0 saturated carbocycles. The minimum Gasteiger partial charge on any atom is -0.355 e. The van der Waals surface area contributed by atoms with E-state index in [-0.39, 0.29) is 12.5 Å². The molecule has 0 radical (unpaired) electrons. The van der Waals surface area contributed by atoms with Crippen LogP contribution in [0.3, 0.4) is 0 Å². The first kappa shape index (κ1) is 8.13. The summed E-state index contributed by atoms with van der Waals surface area (Å²) in [7, 11) is 1.50. The van der Waals surface area contributed by atoms with Crippen molar-refractivity contribution in [2.24, 2.45) is 0 Å². The highest BCUT2D eigenvalue weighted by Gasteiger charge is 2.00. The van der Waals surface area contributed by atoms with E-state index in [1.807, 2.05) is 5.48 Å². The second-order valence-electron chi connectivity index (χ2n) is 1.52. The van der Waals surface area contributed by atoms with Crippen molar-refractivity contribution in [3.8, 4) is 0 Å². The summed E-state index contributed by atoms with van der Waals surface area (Å²) >= 11 is 0. The Kier molecular flexibility index (Phi) is 3.66. The van der Waals surface area contributed by atoms with Crippen LogP contribution in [-0.4, -0.2) is 24.7 Å². The average Bonchev–Trinajstić information content (AvgIpc) is 1.87. The zero-order valence-electron chi connectivity index (χ0n) is 5.27. The molecule has 4 heteroatoms. The minimum atomic E-state index is -0.267. The standard InChI is InChI=1S/C5H10N2O2/c1-4(3-7-9)5(8)6-2/h7,9H,1,3H2,2H3,(H,6,8). The van der Waals surface area contributed by atoms with E-state index >= 15 is 0 Å². The van der Waals surface area contributed by atoms with Crippen LogP contribution in [-0.2, 0) is 4.79 Å². The highest BCUT2D eigenvalue weighted by Crippen LogP contribution is 1.83. The fourth-order valence-electron chi connectivity index (χ4n) is 0.352. The third-order valence-corrected chi connectivity index (χ3v) is 0.841. The molecule has 1 amide bonds. The summed E-state index contributed by atoms with van der Waals surface area (Å²) < 4.78 is 0. The van der Waals surface area contributed by atoms with Gasteiger partial charge in [0.25, 0.3) is 0 Å². The monoisotopic (exact) mass is 130 g/mol. The average molecular weight is 130 g/mol. The first-order valence-electron chi connectivity index (χ1n) is 2.49. The lowest BCUT2D eigenvalue weighted by molar-refractivity contribution is -0.117. The molecule has 0 bridgehead atoms. The molecule has 0 aromatic carbocycles. The van der Waals surface area contributed by atoms with Gasteiger partial charge in [-0.05, 0) is 0 Å². The molecule has 0 spiro atoms. The van der Waals surface area contributed by atoms with Gasteiger partial charge in [0, 0.05) is 12.6 Å². The van der Waals surface area contributed by atoms with Crippen LogP contribution in [0.2, 0.25) is 0 Å². The van der Waals surface area contributed by atoms with Gasteiger partial charge in [-0.15, -0.1) is 0 Å². The Morgan fingerprint density at radius 1 is 1.78 bits per heavy atom. The molecule has 0 unspecified atom stereocenters. The molecule has 0 heterocycles. The van der Waals surface area contributed by atoms with E-state index in [2.05, 4.69) is 11.9 Å². The number of amides is 1. The summed E-state index contributed by atoms with van der Waals surface area (Å²) in [6.07, 6.45) is 0. The third kappa shape index (κ3) is 2.84. The van der Waals surface area contributed by atoms with E-state index in [9.17, 15) is 4.79 Å². The highest BCUT2D eigenvalue weighted by molar-refractivity contribution is 5.92. The molecular formula is C5H10N2O2. The molecular weight excluding hydrogens is 120 g/mol. The van der Waals surface area contributed by atoms with Crippen LogP contribution in [0.1, 0.15) is 0 Å². The van der Waals surface area contributed by atoms with Crippen molar-refractivity contribution in [1.82, 2.24) is 10.8 Å². The Morgan fingerprint density at radius 2 is 2.33 bits per heavy atom. The number of rotatable bonds is 3. The largest absolute Gasteiger partial charge is 0.355 e. The van der Waals surface area contributed by atoms with Gasteiger partial charge >= 0.3 is 0 Å². The molecule has 4 nitrogen and oxygen atoms in total. The number of hydrogen-bond acceptors (Lipinski definition) is 3. The Bertz CT molecular complexity index is 122. The fraction of sp³-hybridized carbons (Fsp3) is 0.400. The van der Waals surface area contributed by atoms with Gasteiger partial charge in [0.05, 0.1) is 6.54 Å². The van der Waals surface area contributed by atoms with Crippen molar-refractivity contribution in [3.63, 3.8) is 0 Å². The summed E-state index contributed by atoms with van der Waals surface area (Å²) in [5.41, 5.74) is 2.13. The Morgan fingerprint density at radius 3 is 2.67 bits per heavy atom. The summed E-state index contributed by atoms with van der Waals surface area (Å²) in [4.78, 5) is 10.5. The number of hydroxylamine groups is 1. The first-order valence-corrected chi connectivity index (χ1v) is 2.49. The molecule has 0 atom stereocenters. The molecule has 0 rings (SSSR count). The SMILES string of the molecule is C=C(CNO)C(=O)NC. The highest BCUT2D eigenvalue weighted by atomic mass is 16.5. The van der Waals surface area contributed by atoms with Crippen LogP contribution < -0.4 is 10.8 Å². The number of hydrogen-bond donors (Lipinski definition) is 3. The van der Waals surface area contributed by atoms with Gasteiger partial charge in [0.1, 0.15) is 0 Å². The van der Waals surface area contributed by atoms with Crippen molar-refractivity contribution in [1.29, 1.82) is 0 Å².